The van der Waals surface area contributed by atoms with E-state index in [1.54, 1.807) is 0 Å². The summed E-state index contributed by atoms with van der Waals surface area (Å²) in [4.78, 5) is 28.2. The molecule has 0 aliphatic carbocycles. The first-order valence-corrected chi connectivity index (χ1v) is 10.9. The van der Waals surface area contributed by atoms with E-state index in [4.69, 9.17) is 28.0 Å². The molecular formula is C22H16Cl2F5N3O3. The van der Waals surface area contributed by atoms with E-state index >= 15 is 4.39 Å². The highest BCUT2D eigenvalue weighted by molar-refractivity contribution is 6.35. The summed E-state index contributed by atoms with van der Waals surface area (Å²) in [6, 6.07) is 7.16. The molecule has 186 valence electrons. The number of carbonyl (C=O) groups excluding carboxylic acids is 2. The third kappa shape index (κ3) is 4.42. The number of halogens is 7. The van der Waals surface area contributed by atoms with Crippen LogP contribution in [0.3, 0.4) is 0 Å². The summed E-state index contributed by atoms with van der Waals surface area (Å²) in [6.45, 7) is -0.693. The zero-order valence-corrected chi connectivity index (χ0v) is 19.1. The number of hydrogen-bond acceptors (Lipinski definition) is 4. The van der Waals surface area contributed by atoms with Gasteiger partial charge in [0, 0.05) is 12.0 Å². The monoisotopic (exact) mass is 535 g/mol. The molecule has 0 saturated carbocycles. The number of hydrogen-bond donors (Lipinski definition) is 1. The van der Waals surface area contributed by atoms with Crippen molar-refractivity contribution in [2.24, 2.45) is 5.16 Å². The van der Waals surface area contributed by atoms with Gasteiger partial charge in [0.05, 0.1) is 35.4 Å². The number of amides is 2. The predicted molar refractivity (Wildman–Crippen MR) is 116 cm³/mol. The summed E-state index contributed by atoms with van der Waals surface area (Å²) in [6.07, 6.45) is -5.34. The minimum atomic E-state index is -4.95. The van der Waals surface area contributed by atoms with Gasteiger partial charge < -0.3 is 15.1 Å². The van der Waals surface area contributed by atoms with Gasteiger partial charge in [0.25, 0.3) is 5.60 Å². The van der Waals surface area contributed by atoms with Crippen LogP contribution in [-0.2, 0) is 25.7 Å². The van der Waals surface area contributed by atoms with E-state index in [2.05, 4.69) is 10.5 Å². The predicted octanol–water partition coefficient (Wildman–Crippen LogP) is 4.47. The summed E-state index contributed by atoms with van der Waals surface area (Å²) in [5.41, 5.74) is -4.86. The van der Waals surface area contributed by atoms with Crippen molar-refractivity contribution in [1.29, 1.82) is 0 Å². The number of oxime groups is 1. The Kier molecular flexibility index (Phi) is 6.43. The highest BCUT2D eigenvalue weighted by atomic mass is 35.5. The van der Waals surface area contributed by atoms with Crippen LogP contribution in [0.2, 0.25) is 10.0 Å². The largest absolute Gasteiger partial charge is 0.435 e. The Hall–Kier alpha value is -2.92. The van der Waals surface area contributed by atoms with Gasteiger partial charge in [-0.1, -0.05) is 52.6 Å². The molecule has 2 amide bonds. The van der Waals surface area contributed by atoms with Gasteiger partial charge in [0.15, 0.2) is 11.5 Å². The standard InChI is InChI=1S/C22H16Cl2F5N3O3/c23-15-5-14(6-16(24)19(15)25)21(22(27,28)29)7-17(31-35-21)12-1-3-13(4-2-12)20(26)9-32(10-20)18(34)8-30-11-33/h1-6,11H,7-10H2,(H,30,33). The Balaban J connectivity index is 1.52. The Morgan fingerprint density at radius 2 is 1.74 bits per heavy atom. The zero-order valence-electron chi connectivity index (χ0n) is 17.6. The van der Waals surface area contributed by atoms with Crippen molar-refractivity contribution in [3.8, 4) is 0 Å². The van der Waals surface area contributed by atoms with Gasteiger partial charge in [0.2, 0.25) is 12.3 Å². The fourth-order valence-corrected chi connectivity index (χ4v) is 4.45. The molecule has 0 spiro atoms. The topological polar surface area (TPSA) is 71.0 Å². The van der Waals surface area contributed by atoms with Crippen LogP contribution in [0.25, 0.3) is 0 Å². The highest BCUT2D eigenvalue weighted by Gasteiger charge is 2.62. The summed E-state index contributed by atoms with van der Waals surface area (Å²) < 4.78 is 71.3. The van der Waals surface area contributed by atoms with Crippen LogP contribution in [0.4, 0.5) is 22.0 Å². The molecule has 1 atom stereocenters. The molecule has 0 radical (unpaired) electrons. The molecule has 2 aliphatic heterocycles. The molecule has 2 aliphatic rings. The lowest BCUT2D eigenvalue weighted by Crippen LogP contribution is -2.60. The van der Waals surface area contributed by atoms with Gasteiger partial charge in [-0.2, -0.15) is 13.2 Å². The molecule has 35 heavy (non-hydrogen) atoms. The third-order valence-electron chi connectivity index (χ3n) is 5.94. The van der Waals surface area contributed by atoms with Gasteiger partial charge in [-0.25, -0.2) is 8.78 Å². The fraction of sp³-hybridized carbons (Fsp3) is 0.318. The van der Waals surface area contributed by atoms with Crippen molar-refractivity contribution < 1.29 is 36.4 Å². The SMILES string of the molecule is O=CNCC(=O)N1CC(F)(c2ccc(C3=NOC(c4cc(Cl)c(F)c(Cl)c4)(C(F)(F)F)C3)cc2)C1. The smallest absolute Gasteiger partial charge is 0.374 e. The summed E-state index contributed by atoms with van der Waals surface area (Å²) in [7, 11) is 0. The molecule has 13 heteroatoms. The second-order valence-corrected chi connectivity index (χ2v) is 8.99. The Morgan fingerprint density at radius 1 is 1.14 bits per heavy atom. The Morgan fingerprint density at radius 3 is 2.29 bits per heavy atom. The molecule has 1 unspecified atom stereocenters. The van der Waals surface area contributed by atoms with Gasteiger partial charge in [-0.05, 0) is 23.3 Å². The average Bonchev–Trinajstić information content (AvgIpc) is 3.26. The summed E-state index contributed by atoms with van der Waals surface area (Å²) in [5.74, 6) is -1.50. The molecular weight excluding hydrogens is 520 g/mol. The number of alkyl halides is 4. The van der Waals surface area contributed by atoms with Crippen molar-refractivity contribution in [1.82, 2.24) is 10.2 Å². The van der Waals surface area contributed by atoms with Crippen molar-refractivity contribution in [2.45, 2.75) is 23.9 Å². The van der Waals surface area contributed by atoms with Crippen LogP contribution in [-0.4, -0.2) is 48.7 Å². The first kappa shape index (κ1) is 25.2. The van der Waals surface area contributed by atoms with Crippen LogP contribution in [0.15, 0.2) is 41.6 Å². The molecule has 1 fully saturated rings. The molecule has 1 saturated heterocycles. The maximum absolute atomic E-state index is 15.1. The first-order valence-electron chi connectivity index (χ1n) is 10.1. The number of likely N-dealkylation sites (tertiary alicyclic amines) is 1. The van der Waals surface area contributed by atoms with Crippen LogP contribution in [0.1, 0.15) is 23.1 Å². The maximum Gasteiger partial charge on any atom is 0.435 e. The summed E-state index contributed by atoms with van der Waals surface area (Å²) in [5, 5.41) is 4.62. The third-order valence-corrected chi connectivity index (χ3v) is 6.49. The zero-order chi connectivity index (χ0) is 25.6. The molecule has 6 nitrogen and oxygen atoms in total. The van der Waals surface area contributed by atoms with Crippen LogP contribution in [0.5, 0.6) is 0 Å². The van der Waals surface area contributed by atoms with Crippen LogP contribution >= 0.6 is 23.2 Å². The summed E-state index contributed by atoms with van der Waals surface area (Å²) >= 11 is 11.4. The number of carbonyl (C=O) groups is 2. The van der Waals surface area contributed by atoms with Gasteiger partial charge in [-0.3, -0.25) is 9.59 Å². The van der Waals surface area contributed by atoms with Crippen molar-refractivity contribution in [2.75, 3.05) is 19.6 Å². The molecule has 4 rings (SSSR count). The minimum Gasteiger partial charge on any atom is -0.374 e. The van der Waals surface area contributed by atoms with Crippen molar-refractivity contribution >= 4 is 41.2 Å². The Bertz CT molecular complexity index is 1180. The minimum absolute atomic E-state index is 0.0660. The first-order chi connectivity index (χ1) is 16.4. The van der Waals surface area contributed by atoms with E-state index in [9.17, 15) is 27.2 Å². The lowest BCUT2D eigenvalue weighted by molar-refractivity contribution is -0.275. The molecule has 0 bridgehead atoms. The van der Waals surface area contributed by atoms with E-state index in [1.807, 2.05) is 0 Å². The highest BCUT2D eigenvalue weighted by Crippen LogP contribution is 2.50. The quantitative estimate of drug-likeness (QED) is 0.337. The van der Waals surface area contributed by atoms with E-state index in [0.29, 0.717) is 6.41 Å². The van der Waals surface area contributed by atoms with Gasteiger partial charge >= 0.3 is 6.18 Å². The van der Waals surface area contributed by atoms with Crippen molar-refractivity contribution in [3.63, 3.8) is 0 Å². The second kappa shape index (κ2) is 8.94. The molecule has 1 N–H and O–H groups in total. The lowest BCUT2D eigenvalue weighted by Gasteiger charge is -2.44. The number of nitrogens with zero attached hydrogens (tertiary/aromatic N) is 2. The Labute approximate surface area is 205 Å². The maximum atomic E-state index is 15.1. The molecule has 2 aromatic rings. The van der Waals surface area contributed by atoms with Crippen molar-refractivity contribution in [3.05, 3.63) is 69.0 Å². The van der Waals surface area contributed by atoms with Gasteiger partial charge in [-0.15, -0.1) is 0 Å². The molecule has 2 aromatic carbocycles. The van der Waals surface area contributed by atoms with Crippen LogP contribution in [0, 0.1) is 5.82 Å². The lowest BCUT2D eigenvalue weighted by atomic mass is 9.84. The number of nitrogens with one attached hydrogen (secondary N) is 1. The molecule has 0 aromatic heterocycles. The molecule has 2 heterocycles. The van der Waals surface area contributed by atoms with E-state index in [1.165, 1.54) is 29.2 Å². The van der Waals surface area contributed by atoms with E-state index in [-0.39, 0.29) is 36.5 Å². The number of benzene rings is 2. The van der Waals surface area contributed by atoms with E-state index in [0.717, 1.165) is 12.1 Å². The van der Waals surface area contributed by atoms with Crippen LogP contribution < -0.4 is 5.32 Å². The van der Waals surface area contributed by atoms with Gasteiger partial charge in [0.1, 0.15) is 0 Å². The average molecular weight is 536 g/mol. The number of rotatable bonds is 6. The normalized spacial score (nSPS) is 21.1. The van der Waals surface area contributed by atoms with E-state index < -0.39 is 51.2 Å². The fourth-order valence-electron chi connectivity index (χ4n) is 3.97. The second-order valence-electron chi connectivity index (χ2n) is 8.18.